The van der Waals surface area contributed by atoms with Gasteiger partial charge in [-0.1, -0.05) is 19.4 Å². The predicted molar refractivity (Wildman–Crippen MR) is 81.4 cm³/mol. The minimum absolute atomic E-state index is 0.325. The Hall–Kier alpha value is -2.17. The topological polar surface area (TPSA) is 47.0 Å². The van der Waals surface area contributed by atoms with Crippen LogP contribution >= 0.6 is 0 Å². The molecule has 2 rings (SSSR count). The van der Waals surface area contributed by atoms with Crippen molar-refractivity contribution in [1.29, 1.82) is 0 Å². The van der Waals surface area contributed by atoms with Crippen LogP contribution in [0.4, 0.5) is 10.2 Å². The van der Waals surface area contributed by atoms with Crippen LogP contribution < -0.4 is 10.1 Å². The van der Waals surface area contributed by atoms with Crippen molar-refractivity contribution in [3.63, 3.8) is 0 Å². The Kier molecular flexibility index (Phi) is 5.09. The van der Waals surface area contributed by atoms with Crippen molar-refractivity contribution in [2.45, 2.75) is 33.6 Å². The molecule has 1 aromatic heterocycles. The van der Waals surface area contributed by atoms with Crippen molar-refractivity contribution < 1.29 is 9.13 Å². The first kappa shape index (κ1) is 15.2. The number of benzene rings is 1. The van der Waals surface area contributed by atoms with E-state index in [4.69, 9.17) is 4.74 Å². The van der Waals surface area contributed by atoms with Crippen molar-refractivity contribution in [3.8, 4) is 11.6 Å². The summed E-state index contributed by atoms with van der Waals surface area (Å²) in [7, 11) is 0. The Morgan fingerprint density at radius 1 is 1.24 bits per heavy atom. The molecule has 0 saturated heterocycles. The van der Waals surface area contributed by atoms with E-state index >= 15 is 0 Å². The van der Waals surface area contributed by atoms with Crippen LogP contribution in [-0.2, 0) is 6.42 Å². The van der Waals surface area contributed by atoms with E-state index in [9.17, 15) is 4.39 Å². The molecular weight excluding hydrogens is 269 g/mol. The van der Waals surface area contributed by atoms with Crippen molar-refractivity contribution in [2.75, 3.05) is 11.9 Å². The lowest BCUT2D eigenvalue weighted by Crippen LogP contribution is -2.06. The highest BCUT2D eigenvalue weighted by molar-refractivity contribution is 5.50. The molecule has 0 aliphatic rings. The van der Waals surface area contributed by atoms with Gasteiger partial charge >= 0.3 is 0 Å². The van der Waals surface area contributed by atoms with Gasteiger partial charge in [-0.3, -0.25) is 0 Å². The number of rotatable bonds is 6. The molecule has 2 aromatic rings. The van der Waals surface area contributed by atoms with E-state index in [-0.39, 0.29) is 5.82 Å². The smallest absolute Gasteiger partial charge is 0.227 e. The van der Waals surface area contributed by atoms with Crippen molar-refractivity contribution >= 4 is 5.82 Å². The van der Waals surface area contributed by atoms with Gasteiger partial charge in [0.25, 0.3) is 0 Å². The zero-order valence-corrected chi connectivity index (χ0v) is 12.6. The maximum atomic E-state index is 13.4. The first-order valence-corrected chi connectivity index (χ1v) is 7.17. The number of aryl methyl sites for hydroxylation is 1. The highest BCUT2D eigenvalue weighted by Crippen LogP contribution is 2.30. The monoisotopic (exact) mass is 289 g/mol. The molecule has 1 heterocycles. The molecule has 0 aliphatic heterocycles. The highest BCUT2D eigenvalue weighted by atomic mass is 19.1. The zero-order chi connectivity index (χ0) is 15.2. The van der Waals surface area contributed by atoms with Crippen LogP contribution in [0.5, 0.6) is 11.6 Å². The minimum Gasteiger partial charge on any atom is -0.438 e. The molecule has 0 unspecified atom stereocenters. The van der Waals surface area contributed by atoms with Gasteiger partial charge in [0, 0.05) is 12.6 Å². The number of hydrogen-bond acceptors (Lipinski definition) is 4. The fraction of sp³-hybridized carbons (Fsp3) is 0.375. The Balaban J connectivity index is 2.38. The maximum Gasteiger partial charge on any atom is 0.227 e. The third-order valence-electron chi connectivity index (χ3n) is 3.11. The lowest BCUT2D eigenvalue weighted by Gasteiger charge is -2.14. The summed E-state index contributed by atoms with van der Waals surface area (Å²) in [6, 6.07) is 4.48. The second-order valence-electron chi connectivity index (χ2n) is 4.80. The average Bonchev–Trinajstić information content (AvgIpc) is 2.46. The number of halogens is 1. The number of aromatic nitrogens is 2. The third kappa shape index (κ3) is 3.68. The molecule has 4 nitrogen and oxygen atoms in total. The van der Waals surface area contributed by atoms with Crippen LogP contribution in [0.3, 0.4) is 0 Å². The summed E-state index contributed by atoms with van der Waals surface area (Å²) < 4.78 is 19.2. The van der Waals surface area contributed by atoms with E-state index in [0.29, 0.717) is 11.6 Å². The van der Waals surface area contributed by atoms with E-state index < -0.39 is 0 Å². The van der Waals surface area contributed by atoms with Crippen LogP contribution in [0, 0.1) is 12.7 Å². The second kappa shape index (κ2) is 7.02. The molecule has 0 radical (unpaired) electrons. The quantitative estimate of drug-likeness (QED) is 0.869. The number of hydrogen-bond donors (Lipinski definition) is 1. The molecular formula is C16H20FN3O. The van der Waals surface area contributed by atoms with E-state index in [1.54, 1.807) is 6.07 Å². The van der Waals surface area contributed by atoms with Crippen molar-refractivity contribution in [3.05, 3.63) is 41.5 Å². The number of nitrogens with one attached hydrogen (secondary N) is 1. The van der Waals surface area contributed by atoms with Crippen molar-refractivity contribution in [1.82, 2.24) is 9.97 Å². The van der Waals surface area contributed by atoms with Gasteiger partial charge in [0.2, 0.25) is 5.88 Å². The lowest BCUT2D eigenvalue weighted by molar-refractivity contribution is 0.446. The predicted octanol–water partition coefficient (Wildman–Crippen LogP) is 4.10. The van der Waals surface area contributed by atoms with Crippen LogP contribution in [0.1, 0.15) is 31.4 Å². The molecule has 0 bridgehead atoms. The summed E-state index contributed by atoms with van der Waals surface area (Å²) in [5, 5.41) is 3.21. The van der Waals surface area contributed by atoms with E-state index in [1.807, 2.05) is 13.8 Å². The molecule has 0 fully saturated rings. The molecule has 1 aromatic carbocycles. The van der Waals surface area contributed by atoms with Gasteiger partial charge < -0.3 is 10.1 Å². The van der Waals surface area contributed by atoms with Gasteiger partial charge in [0.15, 0.2) is 0 Å². The molecule has 112 valence electrons. The number of ether oxygens (including phenoxy) is 1. The zero-order valence-electron chi connectivity index (χ0n) is 12.6. The number of nitrogens with zero attached hydrogens (tertiary/aromatic N) is 2. The molecule has 1 N–H and O–H groups in total. The Labute approximate surface area is 124 Å². The van der Waals surface area contributed by atoms with Gasteiger partial charge in [-0.15, -0.1) is 0 Å². The summed E-state index contributed by atoms with van der Waals surface area (Å²) in [6.45, 7) is 6.74. The third-order valence-corrected chi connectivity index (χ3v) is 3.11. The summed E-state index contributed by atoms with van der Waals surface area (Å²) in [6.07, 6.45) is 3.21. The van der Waals surface area contributed by atoms with Crippen LogP contribution in [0.2, 0.25) is 0 Å². The normalized spacial score (nSPS) is 10.5. The number of anilines is 1. The lowest BCUT2D eigenvalue weighted by atomic mass is 10.1. The molecule has 0 amide bonds. The summed E-state index contributed by atoms with van der Waals surface area (Å²) >= 11 is 0. The SMILES string of the molecule is CCCc1c(NCC)ncnc1Oc1cc(F)ccc1C. The average molecular weight is 289 g/mol. The van der Waals surface area contributed by atoms with Gasteiger partial charge in [-0.2, -0.15) is 0 Å². The highest BCUT2D eigenvalue weighted by Gasteiger charge is 2.13. The van der Waals surface area contributed by atoms with Crippen LogP contribution in [0.25, 0.3) is 0 Å². The second-order valence-corrected chi connectivity index (χ2v) is 4.80. The molecule has 0 atom stereocenters. The molecule has 0 saturated carbocycles. The van der Waals surface area contributed by atoms with Gasteiger partial charge in [-0.25, -0.2) is 14.4 Å². The Morgan fingerprint density at radius 3 is 2.76 bits per heavy atom. The summed E-state index contributed by atoms with van der Waals surface area (Å²) in [5.41, 5.74) is 1.79. The largest absolute Gasteiger partial charge is 0.438 e. The minimum atomic E-state index is -0.325. The van der Waals surface area contributed by atoms with E-state index in [0.717, 1.165) is 36.3 Å². The maximum absolute atomic E-state index is 13.4. The van der Waals surface area contributed by atoms with Crippen LogP contribution in [0.15, 0.2) is 24.5 Å². The van der Waals surface area contributed by atoms with E-state index in [1.165, 1.54) is 18.5 Å². The molecule has 21 heavy (non-hydrogen) atoms. The fourth-order valence-corrected chi connectivity index (χ4v) is 2.07. The van der Waals surface area contributed by atoms with Crippen LogP contribution in [-0.4, -0.2) is 16.5 Å². The Morgan fingerprint density at radius 2 is 2.05 bits per heavy atom. The standard InChI is InChI=1S/C16H20FN3O/c1-4-6-13-15(18-5-2)19-10-20-16(13)21-14-9-12(17)8-7-11(14)3/h7-10H,4-6H2,1-3H3,(H,18,19,20). The summed E-state index contributed by atoms with van der Waals surface area (Å²) in [4.78, 5) is 8.46. The van der Waals surface area contributed by atoms with Crippen molar-refractivity contribution in [2.24, 2.45) is 0 Å². The van der Waals surface area contributed by atoms with Gasteiger partial charge in [0.1, 0.15) is 23.7 Å². The first-order chi connectivity index (χ1) is 10.2. The summed E-state index contributed by atoms with van der Waals surface area (Å²) in [5.74, 6) is 1.41. The molecule has 0 aliphatic carbocycles. The fourth-order valence-electron chi connectivity index (χ4n) is 2.07. The Bertz CT molecular complexity index is 616. The van der Waals surface area contributed by atoms with Gasteiger partial charge in [-0.05, 0) is 31.9 Å². The first-order valence-electron chi connectivity index (χ1n) is 7.17. The van der Waals surface area contributed by atoms with Gasteiger partial charge in [0.05, 0.1) is 5.56 Å². The van der Waals surface area contributed by atoms with E-state index in [2.05, 4.69) is 22.2 Å². The molecule has 0 spiro atoms. The molecule has 5 heteroatoms.